The van der Waals surface area contributed by atoms with E-state index in [0.717, 1.165) is 19.6 Å². The number of likely N-dealkylation sites (N-methyl/N-ethyl adjacent to an activating group) is 1. The van der Waals surface area contributed by atoms with Crippen molar-refractivity contribution in [2.24, 2.45) is 0 Å². The summed E-state index contributed by atoms with van der Waals surface area (Å²) >= 11 is 0. The van der Waals surface area contributed by atoms with E-state index < -0.39 is 4.92 Å². The lowest BCUT2D eigenvalue weighted by molar-refractivity contribution is -0.386. The van der Waals surface area contributed by atoms with Gasteiger partial charge in [-0.05, 0) is 31.3 Å². The maximum absolute atomic E-state index is 12.1. The summed E-state index contributed by atoms with van der Waals surface area (Å²) in [5.41, 5.74) is -0.117. The Hall–Kier alpha value is -2.87. The highest BCUT2D eigenvalue weighted by molar-refractivity contribution is 5.91. The van der Waals surface area contributed by atoms with Crippen LogP contribution < -0.4 is 10.1 Å². The molecule has 0 aliphatic carbocycles. The Bertz CT molecular complexity index is 740. The van der Waals surface area contributed by atoms with Gasteiger partial charge in [-0.25, -0.2) is 0 Å². The molecule has 0 spiro atoms. The highest BCUT2D eigenvalue weighted by Gasteiger charge is 2.15. The first-order valence-electron chi connectivity index (χ1n) is 8.50. The number of carbonyl (C=O) groups excluding carboxylic acids is 1. The molecule has 0 unspecified atom stereocenters. The predicted octanol–water partition coefficient (Wildman–Crippen LogP) is 2.84. The van der Waals surface area contributed by atoms with E-state index in [1.807, 2.05) is 0 Å². The van der Waals surface area contributed by atoms with Crippen molar-refractivity contribution in [2.45, 2.75) is 20.5 Å². The van der Waals surface area contributed by atoms with Crippen LogP contribution in [0.4, 0.5) is 5.69 Å². The Morgan fingerprint density at radius 3 is 2.65 bits per heavy atom. The Kier molecular flexibility index (Phi) is 7.16. The number of hydrogen-bond acceptors (Lipinski definition) is 6. The zero-order valence-electron chi connectivity index (χ0n) is 14.9. The lowest BCUT2D eigenvalue weighted by Gasteiger charge is -2.17. The average molecular weight is 361 g/mol. The average Bonchev–Trinajstić information content (AvgIpc) is 3.12. The first-order chi connectivity index (χ1) is 12.5. The molecule has 1 N–H and O–H groups in total. The van der Waals surface area contributed by atoms with Gasteiger partial charge in [0.05, 0.1) is 4.92 Å². The van der Waals surface area contributed by atoms with Crippen molar-refractivity contribution in [1.82, 2.24) is 10.2 Å². The topological polar surface area (TPSA) is 97.9 Å². The van der Waals surface area contributed by atoms with Gasteiger partial charge in [-0.15, -0.1) is 0 Å². The van der Waals surface area contributed by atoms with Crippen LogP contribution >= 0.6 is 0 Å². The molecule has 8 heteroatoms. The molecule has 0 fully saturated rings. The predicted molar refractivity (Wildman–Crippen MR) is 96.3 cm³/mol. The molecule has 1 heterocycles. The number of nitrogens with one attached hydrogen (secondary N) is 1. The van der Waals surface area contributed by atoms with Crippen molar-refractivity contribution in [1.29, 1.82) is 0 Å². The van der Waals surface area contributed by atoms with Crippen molar-refractivity contribution in [3.63, 3.8) is 0 Å². The summed E-state index contributed by atoms with van der Waals surface area (Å²) in [6.45, 7) is 7.30. The van der Waals surface area contributed by atoms with E-state index in [-0.39, 0.29) is 29.7 Å². The number of furan rings is 1. The van der Waals surface area contributed by atoms with Gasteiger partial charge in [0, 0.05) is 19.2 Å². The molecule has 2 rings (SSSR count). The van der Waals surface area contributed by atoms with Gasteiger partial charge in [0.1, 0.15) is 12.4 Å². The second-order valence-electron chi connectivity index (χ2n) is 5.56. The third kappa shape index (κ3) is 5.32. The van der Waals surface area contributed by atoms with E-state index in [2.05, 4.69) is 24.1 Å². The lowest BCUT2D eigenvalue weighted by atomic mass is 10.3. The highest BCUT2D eigenvalue weighted by atomic mass is 16.6. The van der Waals surface area contributed by atoms with Gasteiger partial charge in [0.2, 0.25) is 0 Å². The number of nitrogens with zero attached hydrogens (tertiary/aromatic N) is 2. The van der Waals surface area contributed by atoms with Crippen LogP contribution in [-0.4, -0.2) is 41.9 Å². The molecule has 0 saturated heterocycles. The fraction of sp³-hybridized carbons (Fsp3) is 0.389. The third-order valence-electron chi connectivity index (χ3n) is 3.93. The molecule has 0 atom stereocenters. The van der Waals surface area contributed by atoms with Crippen LogP contribution in [0.3, 0.4) is 0 Å². The maximum atomic E-state index is 12.1. The molecule has 0 saturated carbocycles. The number of benzene rings is 1. The van der Waals surface area contributed by atoms with Gasteiger partial charge in [-0.1, -0.05) is 26.0 Å². The molecule has 0 aliphatic heterocycles. The zero-order chi connectivity index (χ0) is 18.9. The molecular formula is C18H23N3O5. The van der Waals surface area contributed by atoms with Crippen LogP contribution in [0.5, 0.6) is 5.75 Å². The van der Waals surface area contributed by atoms with E-state index >= 15 is 0 Å². The summed E-state index contributed by atoms with van der Waals surface area (Å²) in [6, 6.07) is 9.28. The SMILES string of the molecule is CCN(CC)CCNC(=O)c1ccc(COc2ccccc2[N+](=O)[O-])o1. The summed E-state index contributed by atoms with van der Waals surface area (Å²) in [5.74, 6) is 0.455. The summed E-state index contributed by atoms with van der Waals surface area (Å²) in [6.07, 6.45) is 0. The van der Waals surface area contributed by atoms with Crippen LogP contribution in [0.1, 0.15) is 30.2 Å². The lowest BCUT2D eigenvalue weighted by Crippen LogP contribution is -2.34. The highest BCUT2D eigenvalue weighted by Crippen LogP contribution is 2.26. The minimum absolute atomic E-state index is 0.00240. The third-order valence-corrected chi connectivity index (χ3v) is 3.93. The minimum atomic E-state index is -0.508. The number of nitro benzene ring substituents is 1. The van der Waals surface area contributed by atoms with Crippen molar-refractivity contribution in [2.75, 3.05) is 26.2 Å². The Labute approximate surface area is 151 Å². The number of nitro groups is 1. The van der Waals surface area contributed by atoms with E-state index in [1.54, 1.807) is 24.3 Å². The second kappa shape index (κ2) is 9.57. The van der Waals surface area contributed by atoms with Gasteiger partial charge in [0.15, 0.2) is 11.5 Å². The fourth-order valence-corrected chi connectivity index (χ4v) is 2.41. The normalized spacial score (nSPS) is 10.7. The van der Waals surface area contributed by atoms with Crippen LogP contribution in [0, 0.1) is 10.1 Å². The van der Waals surface area contributed by atoms with Crippen LogP contribution in [-0.2, 0) is 6.61 Å². The van der Waals surface area contributed by atoms with Gasteiger partial charge in [0.25, 0.3) is 5.91 Å². The van der Waals surface area contributed by atoms with E-state index in [0.29, 0.717) is 12.3 Å². The molecule has 8 nitrogen and oxygen atoms in total. The number of carbonyl (C=O) groups is 1. The molecule has 1 aromatic carbocycles. The van der Waals surface area contributed by atoms with Crippen molar-refractivity contribution >= 4 is 11.6 Å². The molecule has 1 aromatic heterocycles. The Morgan fingerprint density at radius 2 is 1.96 bits per heavy atom. The molecule has 26 heavy (non-hydrogen) atoms. The summed E-state index contributed by atoms with van der Waals surface area (Å²) in [7, 11) is 0. The van der Waals surface area contributed by atoms with E-state index in [1.165, 1.54) is 12.1 Å². The molecular weight excluding hydrogens is 338 g/mol. The molecule has 2 aromatic rings. The smallest absolute Gasteiger partial charge is 0.310 e. The first-order valence-corrected chi connectivity index (χ1v) is 8.50. The quantitative estimate of drug-likeness (QED) is 0.516. The standard InChI is InChI=1S/C18H23N3O5/c1-3-20(4-2)12-11-19-18(22)17-10-9-14(26-17)13-25-16-8-6-5-7-15(16)21(23)24/h5-10H,3-4,11-13H2,1-2H3,(H,19,22). The van der Waals surface area contributed by atoms with Gasteiger partial charge in [-0.3, -0.25) is 14.9 Å². The van der Waals surface area contributed by atoms with Crippen LogP contribution in [0.15, 0.2) is 40.8 Å². The monoisotopic (exact) mass is 361 g/mol. The minimum Gasteiger partial charge on any atom is -0.479 e. The fourth-order valence-electron chi connectivity index (χ4n) is 2.41. The molecule has 1 amide bonds. The van der Waals surface area contributed by atoms with Crippen LogP contribution in [0.25, 0.3) is 0 Å². The van der Waals surface area contributed by atoms with Crippen LogP contribution in [0.2, 0.25) is 0 Å². The Morgan fingerprint density at radius 1 is 1.23 bits per heavy atom. The van der Waals surface area contributed by atoms with Gasteiger partial charge >= 0.3 is 5.69 Å². The first kappa shape index (κ1) is 19.5. The summed E-state index contributed by atoms with van der Waals surface area (Å²) in [4.78, 5) is 24.7. The number of para-hydroxylation sites is 2. The summed E-state index contributed by atoms with van der Waals surface area (Å²) < 4.78 is 10.9. The van der Waals surface area contributed by atoms with Gasteiger partial charge in [-0.2, -0.15) is 0 Å². The largest absolute Gasteiger partial charge is 0.479 e. The number of rotatable bonds is 10. The van der Waals surface area contributed by atoms with Crippen molar-refractivity contribution in [3.8, 4) is 5.75 Å². The number of amides is 1. The van der Waals surface area contributed by atoms with Gasteiger partial charge < -0.3 is 19.4 Å². The molecule has 140 valence electrons. The molecule has 0 bridgehead atoms. The maximum Gasteiger partial charge on any atom is 0.310 e. The van der Waals surface area contributed by atoms with Crippen molar-refractivity contribution < 1.29 is 18.9 Å². The zero-order valence-corrected chi connectivity index (χ0v) is 14.9. The second-order valence-corrected chi connectivity index (χ2v) is 5.56. The summed E-state index contributed by atoms with van der Waals surface area (Å²) in [5, 5.41) is 13.8. The number of hydrogen-bond donors (Lipinski definition) is 1. The van der Waals surface area contributed by atoms with E-state index in [9.17, 15) is 14.9 Å². The number of ether oxygens (including phenoxy) is 1. The van der Waals surface area contributed by atoms with Crippen molar-refractivity contribution in [3.05, 3.63) is 58.0 Å². The van der Waals surface area contributed by atoms with E-state index in [4.69, 9.17) is 9.15 Å². The molecule has 0 radical (unpaired) electrons. The Balaban J connectivity index is 1.88. The molecule has 0 aliphatic rings.